The minimum Gasteiger partial charge on any atom is -0.350 e. The van der Waals surface area contributed by atoms with Gasteiger partial charge in [0, 0.05) is 10.5 Å². The number of carbonyl (C=O) groups is 1. The Balaban J connectivity index is 3.26. The maximum absolute atomic E-state index is 13.7. The van der Waals surface area contributed by atoms with Gasteiger partial charge in [-0.25, -0.2) is 17.9 Å². The first-order valence-corrected chi connectivity index (χ1v) is 7.83. The van der Waals surface area contributed by atoms with Gasteiger partial charge in [0.25, 0.3) is 5.91 Å². The Morgan fingerprint density at radius 1 is 1.53 bits per heavy atom. The molecular formula is C11H14BrFN2O3S. The molecule has 1 unspecified atom stereocenters. The van der Waals surface area contributed by atoms with E-state index in [1.165, 1.54) is 0 Å². The van der Waals surface area contributed by atoms with Crippen molar-refractivity contribution in [1.82, 2.24) is 5.32 Å². The van der Waals surface area contributed by atoms with Crippen LogP contribution in [0.1, 0.15) is 30.6 Å². The summed E-state index contributed by atoms with van der Waals surface area (Å²) in [5, 5.41) is 7.55. The molecule has 0 aliphatic rings. The molecule has 0 aliphatic carbocycles. The minimum atomic E-state index is -4.03. The number of carbonyl (C=O) groups excluding carboxylic acids is 1. The molecule has 0 heterocycles. The fourth-order valence-corrected chi connectivity index (χ4v) is 2.93. The van der Waals surface area contributed by atoms with Crippen LogP contribution in [0.5, 0.6) is 0 Å². The zero-order chi connectivity index (χ0) is 14.8. The Morgan fingerprint density at radius 3 is 2.58 bits per heavy atom. The number of halogens is 2. The van der Waals surface area contributed by atoms with Gasteiger partial charge in [0.05, 0.1) is 10.5 Å². The highest BCUT2D eigenvalue weighted by molar-refractivity contribution is 9.10. The monoisotopic (exact) mass is 352 g/mol. The van der Waals surface area contributed by atoms with Crippen LogP contribution in [0.4, 0.5) is 4.39 Å². The first-order chi connectivity index (χ1) is 8.66. The van der Waals surface area contributed by atoms with Crippen molar-refractivity contribution in [2.24, 2.45) is 5.14 Å². The molecule has 0 radical (unpaired) electrons. The molecule has 8 heteroatoms. The van der Waals surface area contributed by atoms with E-state index in [0.29, 0.717) is 6.42 Å². The van der Waals surface area contributed by atoms with Crippen molar-refractivity contribution >= 4 is 31.9 Å². The lowest BCUT2D eigenvalue weighted by Gasteiger charge is -2.13. The molecule has 3 N–H and O–H groups in total. The SMILES string of the molecule is CCC(C)NC(=O)c1cc(S(N)(=O)=O)c(Br)cc1F. The minimum absolute atomic E-state index is 0.0208. The van der Waals surface area contributed by atoms with E-state index in [1.807, 2.05) is 6.92 Å². The number of nitrogens with two attached hydrogens (primary N) is 1. The van der Waals surface area contributed by atoms with E-state index in [9.17, 15) is 17.6 Å². The number of amides is 1. The van der Waals surface area contributed by atoms with Crippen molar-refractivity contribution in [2.75, 3.05) is 0 Å². The maximum Gasteiger partial charge on any atom is 0.254 e. The second-order valence-corrected chi connectivity index (χ2v) is 6.47. The van der Waals surface area contributed by atoms with Gasteiger partial charge in [0.1, 0.15) is 5.82 Å². The standard InChI is InChI=1S/C11H14BrFN2O3S/c1-3-6(2)15-11(16)7-4-10(19(14,17)18)8(12)5-9(7)13/h4-6H,3H2,1-2H3,(H,15,16)(H2,14,17,18). The average molecular weight is 353 g/mol. The van der Waals surface area contributed by atoms with Crippen LogP contribution < -0.4 is 10.5 Å². The van der Waals surface area contributed by atoms with Gasteiger partial charge in [-0.2, -0.15) is 0 Å². The summed E-state index contributed by atoms with van der Waals surface area (Å²) in [6, 6.07) is 1.69. The van der Waals surface area contributed by atoms with Gasteiger partial charge in [-0.3, -0.25) is 4.79 Å². The summed E-state index contributed by atoms with van der Waals surface area (Å²) in [7, 11) is -4.03. The average Bonchev–Trinajstić information content (AvgIpc) is 2.26. The van der Waals surface area contributed by atoms with Crippen LogP contribution >= 0.6 is 15.9 Å². The third-order valence-corrected chi connectivity index (χ3v) is 4.43. The van der Waals surface area contributed by atoms with E-state index in [4.69, 9.17) is 5.14 Å². The Labute approximate surface area is 119 Å². The third kappa shape index (κ3) is 3.99. The van der Waals surface area contributed by atoms with Crippen molar-refractivity contribution in [1.29, 1.82) is 0 Å². The summed E-state index contributed by atoms with van der Waals surface area (Å²) in [6.07, 6.45) is 0.673. The molecule has 0 saturated carbocycles. The second kappa shape index (κ2) is 5.98. The highest BCUT2D eigenvalue weighted by atomic mass is 79.9. The summed E-state index contributed by atoms with van der Waals surface area (Å²) in [4.78, 5) is 11.5. The smallest absolute Gasteiger partial charge is 0.254 e. The van der Waals surface area contributed by atoms with Crippen LogP contribution in [-0.2, 0) is 10.0 Å². The zero-order valence-electron chi connectivity index (χ0n) is 10.4. The van der Waals surface area contributed by atoms with Gasteiger partial charge < -0.3 is 5.32 Å². The lowest BCUT2D eigenvalue weighted by atomic mass is 10.1. The number of nitrogens with one attached hydrogen (secondary N) is 1. The second-order valence-electron chi connectivity index (χ2n) is 4.09. The molecule has 19 heavy (non-hydrogen) atoms. The molecule has 1 rings (SSSR count). The Morgan fingerprint density at radius 2 is 2.11 bits per heavy atom. The molecule has 0 aliphatic heterocycles. The van der Waals surface area contributed by atoms with Crippen LogP contribution in [-0.4, -0.2) is 20.4 Å². The molecular weight excluding hydrogens is 339 g/mol. The molecule has 0 aromatic heterocycles. The topological polar surface area (TPSA) is 89.3 Å². The number of hydrogen-bond donors (Lipinski definition) is 2. The van der Waals surface area contributed by atoms with Crippen molar-refractivity contribution in [3.63, 3.8) is 0 Å². The Bertz CT molecular complexity index is 604. The summed E-state index contributed by atoms with van der Waals surface area (Å²) in [5.41, 5.74) is -0.354. The number of benzene rings is 1. The first kappa shape index (κ1) is 16.1. The van der Waals surface area contributed by atoms with Gasteiger partial charge in [-0.1, -0.05) is 6.92 Å². The van der Waals surface area contributed by atoms with Gasteiger partial charge >= 0.3 is 0 Å². The predicted octanol–water partition coefficient (Wildman–Crippen LogP) is 1.76. The van der Waals surface area contributed by atoms with Crippen molar-refractivity contribution in [3.05, 3.63) is 28.0 Å². The Kier molecular flexibility index (Phi) is 5.05. The largest absolute Gasteiger partial charge is 0.350 e. The quantitative estimate of drug-likeness (QED) is 0.865. The van der Waals surface area contributed by atoms with Crippen LogP contribution in [0.25, 0.3) is 0 Å². The zero-order valence-corrected chi connectivity index (χ0v) is 12.8. The number of rotatable bonds is 4. The van der Waals surface area contributed by atoms with E-state index < -0.39 is 21.7 Å². The highest BCUT2D eigenvalue weighted by Crippen LogP contribution is 2.24. The van der Waals surface area contributed by atoms with Crippen LogP contribution in [0.15, 0.2) is 21.5 Å². The normalized spacial score (nSPS) is 13.1. The lowest BCUT2D eigenvalue weighted by molar-refractivity contribution is 0.0935. The van der Waals surface area contributed by atoms with Gasteiger partial charge in [-0.05, 0) is 41.4 Å². The molecule has 0 bridgehead atoms. The van der Waals surface area contributed by atoms with Gasteiger partial charge in [-0.15, -0.1) is 0 Å². The molecule has 0 spiro atoms. The molecule has 1 atom stereocenters. The third-order valence-electron chi connectivity index (χ3n) is 2.56. The summed E-state index contributed by atoms with van der Waals surface area (Å²) < 4.78 is 36.3. The number of hydrogen-bond acceptors (Lipinski definition) is 3. The van der Waals surface area contributed by atoms with Crippen molar-refractivity contribution in [3.8, 4) is 0 Å². The van der Waals surface area contributed by atoms with Gasteiger partial charge in [0.15, 0.2) is 0 Å². The number of primary sulfonamides is 1. The summed E-state index contributed by atoms with van der Waals surface area (Å²) >= 11 is 2.90. The maximum atomic E-state index is 13.7. The Hall–Kier alpha value is -0.990. The molecule has 1 aromatic rings. The summed E-state index contributed by atoms with van der Waals surface area (Å²) in [5.74, 6) is -1.50. The van der Waals surface area contributed by atoms with E-state index >= 15 is 0 Å². The molecule has 0 saturated heterocycles. The number of sulfonamides is 1. The molecule has 0 fully saturated rings. The van der Waals surface area contributed by atoms with E-state index in [0.717, 1.165) is 12.1 Å². The fraction of sp³-hybridized carbons (Fsp3) is 0.364. The van der Waals surface area contributed by atoms with Crippen LogP contribution in [0, 0.1) is 5.82 Å². The summed E-state index contributed by atoms with van der Waals surface area (Å²) in [6.45, 7) is 3.62. The highest BCUT2D eigenvalue weighted by Gasteiger charge is 2.21. The fourth-order valence-electron chi connectivity index (χ4n) is 1.32. The van der Waals surface area contributed by atoms with Crippen molar-refractivity contribution < 1.29 is 17.6 Å². The van der Waals surface area contributed by atoms with Crippen molar-refractivity contribution in [2.45, 2.75) is 31.2 Å². The molecule has 1 aromatic carbocycles. The molecule has 5 nitrogen and oxygen atoms in total. The predicted molar refractivity (Wildman–Crippen MR) is 72.7 cm³/mol. The van der Waals surface area contributed by atoms with Crippen LogP contribution in [0.2, 0.25) is 0 Å². The first-order valence-electron chi connectivity index (χ1n) is 5.49. The van der Waals surface area contributed by atoms with E-state index in [-0.39, 0.29) is 21.0 Å². The van der Waals surface area contributed by atoms with E-state index in [1.54, 1.807) is 6.92 Å². The molecule has 106 valence electrons. The van der Waals surface area contributed by atoms with E-state index in [2.05, 4.69) is 21.2 Å². The van der Waals surface area contributed by atoms with Crippen LogP contribution in [0.3, 0.4) is 0 Å². The van der Waals surface area contributed by atoms with Gasteiger partial charge in [0.2, 0.25) is 10.0 Å². The molecule has 1 amide bonds. The lowest BCUT2D eigenvalue weighted by Crippen LogP contribution is -2.32.